The third kappa shape index (κ3) is 5.61. The SMILES string of the molecule is C/C=C(/C)C(=O)O[C@@H]1C=C(CO)C(=O)[C@@H](OC(=O)/C(C)=C/CO)[C@@H]1C(C)C. The molecule has 150 valence electrons. The Bertz CT molecular complexity index is 670. The van der Waals surface area contributed by atoms with Crippen molar-refractivity contribution in [2.24, 2.45) is 11.8 Å². The van der Waals surface area contributed by atoms with Gasteiger partial charge in [-0.15, -0.1) is 0 Å². The second-order valence-electron chi connectivity index (χ2n) is 6.77. The first-order chi connectivity index (χ1) is 12.7. The Hall–Kier alpha value is -2.25. The van der Waals surface area contributed by atoms with Gasteiger partial charge >= 0.3 is 11.9 Å². The maximum atomic E-state index is 12.7. The number of aliphatic hydroxyl groups is 2. The largest absolute Gasteiger partial charge is 0.454 e. The van der Waals surface area contributed by atoms with E-state index in [1.807, 2.05) is 13.8 Å². The summed E-state index contributed by atoms with van der Waals surface area (Å²) in [5.41, 5.74) is 0.597. The number of esters is 2. The van der Waals surface area contributed by atoms with Gasteiger partial charge in [-0.3, -0.25) is 4.79 Å². The van der Waals surface area contributed by atoms with E-state index in [0.29, 0.717) is 5.57 Å². The van der Waals surface area contributed by atoms with Gasteiger partial charge in [0.2, 0.25) is 5.78 Å². The maximum absolute atomic E-state index is 12.7. The van der Waals surface area contributed by atoms with Gasteiger partial charge in [-0.25, -0.2) is 9.59 Å². The minimum Gasteiger partial charge on any atom is -0.454 e. The summed E-state index contributed by atoms with van der Waals surface area (Å²) in [6, 6.07) is 0. The van der Waals surface area contributed by atoms with Crippen molar-refractivity contribution in [3.05, 3.63) is 34.9 Å². The standard InChI is InChI=1S/C20H28O7/c1-6-12(4)19(24)26-15-9-14(10-22)17(23)18(16(15)11(2)3)27-20(25)13(5)7-8-21/h6-7,9,11,15-16,18,21-22H,8,10H2,1-5H3/b12-6-,13-7+/t15-,16-,18+/m1/s1. The number of hydrogen-bond donors (Lipinski definition) is 2. The van der Waals surface area contributed by atoms with Crippen LogP contribution >= 0.6 is 0 Å². The van der Waals surface area contributed by atoms with Crippen LogP contribution in [0.25, 0.3) is 0 Å². The van der Waals surface area contributed by atoms with Gasteiger partial charge in [-0.05, 0) is 38.8 Å². The van der Waals surface area contributed by atoms with E-state index in [-0.39, 0.29) is 23.7 Å². The first-order valence-electron chi connectivity index (χ1n) is 8.86. The zero-order valence-electron chi connectivity index (χ0n) is 16.4. The normalized spacial score (nSPS) is 23.9. The van der Waals surface area contributed by atoms with Gasteiger partial charge < -0.3 is 19.7 Å². The summed E-state index contributed by atoms with van der Waals surface area (Å²) in [4.78, 5) is 37.1. The van der Waals surface area contributed by atoms with Crippen molar-refractivity contribution >= 4 is 17.7 Å². The van der Waals surface area contributed by atoms with Crippen LogP contribution in [-0.4, -0.2) is 53.4 Å². The average Bonchev–Trinajstić information content (AvgIpc) is 2.62. The van der Waals surface area contributed by atoms with E-state index < -0.39 is 42.5 Å². The number of ether oxygens (including phenoxy) is 2. The van der Waals surface area contributed by atoms with Crippen LogP contribution in [0.4, 0.5) is 0 Å². The number of rotatable bonds is 7. The second kappa shape index (κ2) is 10.2. The van der Waals surface area contributed by atoms with E-state index in [1.54, 1.807) is 19.9 Å². The topological polar surface area (TPSA) is 110 Å². The Balaban J connectivity index is 3.26. The quantitative estimate of drug-likeness (QED) is 0.508. The highest BCUT2D eigenvalue weighted by Gasteiger charge is 2.45. The highest BCUT2D eigenvalue weighted by molar-refractivity contribution is 6.02. The molecular formula is C20H28O7. The zero-order valence-corrected chi connectivity index (χ0v) is 16.4. The van der Waals surface area contributed by atoms with E-state index in [9.17, 15) is 19.5 Å². The van der Waals surface area contributed by atoms with Crippen LogP contribution in [-0.2, 0) is 23.9 Å². The monoisotopic (exact) mass is 380 g/mol. The fraction of sp³-hybridized carbons (Fsp3) is 0.550. The number of carbonyl (C=O) groups is 3. The molecule has 0 amide bonds. The van der Waals surface area contributed by atoms with Crippen LogP contribution in [0.5, 0.6) is 0 Å². The van der Waals surface area contributed by atoms with Crippen molar-refractivity contribution in [3.8, 4) is 0 Å². The molecule has 1 aliphatic carbocycles. The molecule has 0 radical (unpaired) electrons. The lowest BCUT2D eigenvalue weighted by molar-refractivity contribution is -0.163. The van der Waals surface area contributed by atoms with Crippen LogP contribution in [0.3, 0.4) is 0 Å². The predicted octanol–water partition coefficient (Wildman–Crippen LogP) is 1.49. The summed E-state index contributed by atoms with van der Waals surface area (Å²) in [5, 5.41) is 18.4. The lowest BCUT2D eigenvalue weighted by Gasteiger charge is -2.37. The number of aliphatic hydroxyl groups excluding tert-OH is 2. The van der Waals surface area contributed by atoms with E-state index in [1.165, 1.54) is 19.1 Å². The van der Waals surface area contributed by atoms with E-state index in [2.05, 4.69) is 0 Å². The number of carbonyl (C=O) groups excluding carboxylic acids is 3. The number of allylic oxidation sites excluding steroid dienone is 1. The smallest absolute Gasteiger partial charge is 0.334 e. The Morgan fingerprint density at radius 1 is 1.15 bits per heavy atom. The molecule has 0 aromatic rings. The molecule has 0 aromatic heterocycles. The molecule has 0 aromatic carbocycles. The van der Waals surface area contributed by atoms with Crippen molar-refractivity contribution in [3.63, 3.8) is 0 Å². The summed E-state index contributed by atoms with van der Waals surface area (Å²) in [7, 11) is 0. The van der Waals surface area contributed by atoms with Gasteiger partial charge in [0.25, 0.3) is 0 Å². The lowest BCUT2D eigenvalue weighted by Crippen LogP contribution is -2.49. The summed E-state index contributed by atoms with van der Waals surface area (Å²) in [5.74, 6) is -2.57. The number of hydrogen-bond acceptors (Lipinski definition) is 7. The summed E-state index contributed by atoms with van der Waals surface area (Å²) in [6.45, 7) is 7.55. The van der Waals surface area contributed by atoms with Crippen molar-refractivity contribution in [2.45, 2.75) is 46.8 Å². The highest BCUT2D eigenvalue weighted by Crippen LogP contribution is 2.33. The molecular weight excluding hydrogens is 352 g/mol. The number of Topliss-reactive ketones (excluding diaryl/α,β-unsaturated/α-hetero) is 1. The molecule has 0 bridgehead atoms. The van der Waals surface area contributed by atoms with Crippen LogP contribution < -0.4 is 0 Å². The zero-order chi connectivity index (χ0) is 20.7. The molecule has 0 unspecified atom stereocenters. The van der Waals surface area contributed by atoms with E-state index >= 15 is 0 Å². The second-order valence-corrected chi connectivity index (χ2v) is 6.77. The van der Waals surface area contributed by atoms with Gasteiger partial charge in [0.15, 0.2) is 6.10 Å². The van der Waals surface area contributed by atoms with Crippen LogP contribution in [0.15, 0.2) is 34.9 Å². The molecule has 1 rings (SSSR count). The molecule has 0 saturated carbocycles. The van der Waals surface area contributed by atoms with Crippen LogP contribution in [0.1, 0.15) is 34.6 Å². The molecule has 0 aliphatic heterocycles. The molecule has 0 spiro atoms. The fourth-order valence-electron chi connectivity index (χ4n) is 2.79. The highest BCUT2D eigenvalue weighted by atomic mass is 16.6. The van der Waals surface area contributed by atoms with Gasteiger partial charge in [-0.2, -0.15) is 0 Å². The Labute approximate surface area is 159 Å². The Kier molecular flexibility index (Phi) is 8.59. The van der Waals surface area contributed by atoms with Crippen molar-refractivity contribution in [2.75, 3.05) is 13.2 Å². The number of ketones is 1. The van der Waals surface area contributed by atoms with Crippen LogP contribution in [0.2, 0.25) is 0 Å². The minimum absolute atomic E-state index is 0.0319. The third-order valence-corrected chi connectivity index (χ3v) is 4.56. The van der Waals surface area contributed by atoms with Crippen molar-refractivity contribution in [1.82, 2.24) is 0 Å². The third-order valence-electron chi connectivity index (χ3n) is 4.56. The first-order valence-corrected chi connectivity index (χ1v) is 8.86. The van der Waals surface area contributed by atoms with Gasteiger partial charge in [0.1, 0.15) is 6.10 Å². The molecule has 7 heteroatoms. The molecule has 3 atom stereocenters. The molecule has 27 heavy (non-hydrogen) atoms. The Morgan fingerprint density at radius 3 is 2.22 bits per heavy atom. The molecule has 0 fully saturated rings. The molecule has 0 saturated heterocycles. The lowest BCUT2D eigenvalue weighted by atomic mass is 9.77. The van der Waals surface area contributed by atoms with Gasteiger partial charge in [0, 0.05) is 22.6 Å². The molecule has 1 aliphatic rings. The summed E-state index contributed by atoms with van der Waals surface area (Å²) < 4.78 is 10.9. The average molecular weight is 380 g/mol. The predicted molar refractivity (Wildman–Crippen MR) is 98.5 cm³/mol. The molecule has 2 N–H and O–H groups in total. The van der Waals surface area contributed by atoms with Crippen molar-refractivity contribution < 1.29 is 34.1 Å². The van der Waals surface area contributed by atoms with E-state index in [4.69, 9.17) is 14.6 Å². The van der Waals surface area contributed by atoms with Crippen LogP contribution in [0, 0.1) is 11.8 Å². The minimum atomic E-state index is -1.20. The first kappa shape index (κ1) is 22.8. The summed E-state index contributed by atoms with van der Waals surface area (Å²) in [6.07, 6.45) is 2.28. The van der Waals surface area contributed by atoms with Crippen molar-refractivity contribution in [1.29, 1.82) is 0 Å². The van der Waals surface area contributed by atoms with E-state index in [0.717, 1.165) is 0 Å². The molecule has 0 heterocycles. The summed E-state index contributed by atoms with van der Waals surface area (Å²) >= 11 is 0. The maximum Gasteiger partial charge on any atom is 0.334 e. The van der Waals surface area contributed by atoms with Gasteiger partial charge in [0.05, 0.1) is 13.2 Å². The molecule has 7 nitrogen and oxygen atoms in total. The Morgan fingerprint density at radius 2 is 1.74 bits per heavy atom. The van der Waals surface area contributed by atoms with Gasteiger partial charge in [-0.1, -0.05) is 19.9 Å². The fourth-order valence-corrected chi connectivity index (χ4v) is 2.79.